The van der Waals surface area contributed by atoms with E-state index in [-0.39, 0.29) is 28.8 Å². The van der Waals surface area contributed by atoms with Crippen LogP contribution in [0.15, 0.2) is 85.2 Å². The van der Waals surface area contributed by atoms with E-state index in [0.717, 1.165) is 24.6 Å². The molecule has 292 valence electrons. The number of halogens is 9. The smallest absolute Gasteiger partial charge is 0.434 e. The maximum atomic E-state index is 14.0. The molecule has 1 amide bonds. The number of hydrogen-bond acceptors (Lipinski definition) is 5. The van der Waals surface area contributed by atoms with Crippen LogP contribution in [-0.4, -0.2) is 67.1 Å². The lowest BCUT2D eigenvalue weighted by Gasteiger charge is -2.45. The first-order chi connectivity index (χ1) is 25.8. The van der Waals surface area contributed by atoms with Gasteiger partial charge < -0.3 is 15.3 Å². The highest BCUT2D eigenvalue weighted by molar-refractivity contribution is 6.30. The molecule has 0 atom stereocenters. The van der Waals surface area contributed by atoms with Crippen molar-refractivity contribution in [3.8, 4) is 11.4 Å². The van der Waals surface area contributed by atoms with Crippen molar-refractivity contribution in [2.75, 3.05) is 14.1 Å². The molecule has 55 heavy (non-hydrogen) atoms. The molecular weight excluding hydrogens is 780 g/mol. The Morgan fingerprint density at radius 3 is 1.64 bits per heavy atom. The summed E-state index contributed by atoms with van der Waals surface area (Å²) >= 11 is 11.5. The summed E-state index contributed by atoms with van der Waals surface area (Å²) < 4.78 is 95.2. The monoisotopic (exact) mass is 812 g/mol. The van der Waals surface area contributed by atoms with Gasteiger partial charge in [0.1, 0.15) is 11.4 Å². The SMILES string of the molecule is CN(C)C1(Cc2ccc(F)cc2)CCC(NC(=O)c2cnn(-c3ccc(Cl)cc3)c2C(F)(F)F)CC1.O=C(O)c1cnn(-c2ccc(Cl)cc2)c1C(F)(F)F. The average Bonchev–Trinajstić information content (AvgIpc) is 3.78. The minimum Gasteiger partial charge on any atom is -0.478 e. The van der Waals surface area contributed by atoms with E-state index in [1.54, 1.807) is 12.1 Å². The summed E-state index contributed by atoms with van der Waals surface area (Å²) in [5.74, 6) is -2.78. The first kappa shape index (κ1) is 41.2. The topological polar surface area (TPSA) is 105 Å². The Balaban J connectivity index is 0.000000256. The number of nitrogens with one attached hydrogen (secondary N) is 1. The normalized spacial score (nSPS) is 17.4. The number of aromatic carboxylic acids is 1. The third kappa shape index (κ3) is 9.66. The van der Waals surface area contributed by atoms with E-state index in [9.17, 15) is 40.3 Å². The van der Waals surface area contributed by atoms with Crippen LogP contribution >= 0.6 is 23.2 Å². The van der Waals surface area contributed by atoms with E-state index >= 15 is 0 Å². The van der Waals surface area contributed by atoms with Crippen molar-refractivity contribution in [2.45, 2.75) is 56.0 Å². The summed E-state index contributed by atoms with van der Waals surface area (Å²) in [6, 6.07) is 17.3. The van der Waals surface area contributed by atoms with Crippen LogP contribution in [0.1, 0.15) is 63.4 Å². The number of likely N-dealkylation sites (N-methyl/N-ethyl adjacent to an activating group) is 1. The highest BCUT2D eigenvalue weighted by atomic mass is 35.5. The second-order valence-electron chi connectivity index (χ2n) is 13.1. The Bertz CT molecular complexity index is 2110. The molecule has 18 heteroatoms. The molecule has 2 heterocycles. The number of carbonyl (C=O) groups excluding carboxylic acids is 1. The molecule has 2 N–H and O–H groups in total. The zero-order valence-electron chi connectivity index (χ0n) is 29.1. The van der Waals surface area contributed by atoms with Crippen molar-refractivity contribution in [3.63, 3.8) is 0 Å². The second kappa shape index (κ2) is 16.4. The number of carboxylic acid groups (broad SMARTS) is 1. The molecule has 0 aliphatic heterocycles. The second-order valence-corrected chi connectivity index (χ2v) is 13.9. The number of benzene rings is 3. The van der Waals surface area contributed by atoms with Gasteiger partial charge in [-0.2, -0.15) is 36.5 Å². The van der Waals surface area contributed by atoms with Gasteiger partial charge in [0.05, 0.1) is 29.3 Å². The van der Waals surface area contributed by atoms with E-state index in [1.165, 1.54) is 60.7 Å². The van der Waals surface area contributed by atoms with Crippen molar-refractivity contribution >= 4 is 35.1 Å². The predicted molar refractivity (Wildman–Crippen MR) is 190 cm³/mol. The van der Waals surface area contributed by atoms with Gasteiger partial charge in [0.2, 0.25) is 0 Å². The lowest BCUT2D eigenvalue weighted by molar-refractivity contribution is -0.144. The molecule has 0 spiro atoms. The molecule has 0 saturated heterocycles. The minimum absolute atomic E-state index is 0.0734. The number of alkyl halides is 6. The summed E-state index contributed by atoms with van der Waals surface area (Å²) in [5, 5.41) is 19.6. The van der Waals surface area contributed by atoms with E-state index in [1.807, 2.05) is 14.1 Å². The molecule has 0 radical (unpaired) electrons. The van der Waals surface area contributed by atoms with Gasteiger partial charge in [0.15, 0.2) is 11.4 Å². The highest BCUT2D eigenvalue weighted by Gasteiger charge is 2.43. The number of hydrogen-bond donors (Lipinski definition) is 2. The zero-order chi connectivity index (χ0) is 40.3. The van der Waals surface area contributed by atoms with Crippen molar-refractivity contribution in [3.05, 3.63) is 129 Å². The number of carbonyl (C=O) groups is 2. The molecule has 1 fully saturated rings. The summed E-state index contributed by atoms with van der Waals surface area (Å²) in [7, 11) is 3.98. The van der Waals surface area contributed by atoms with Gasteiger partial charge in [-0.1, -0.05) is 35.3 Å². The zero-order valence-corrected chi connectivity index (χ0v) is 30.6. The molecule has 1 aliphatic carbocycles. The fourth-order valence-electron chi connectivity index (χ4n) is 6.45. The van der Waals surface area contributed by atoms with Gasteiger partial charge in [-0.25, -0.2) is 18.5 Å². The Hall–Kier alpha value is -4.93. The molecule has 5 aromatic rings. The quantitative estimate of drug-likeness (QED) is 0.152. The maximum absolute atomic E-state index is 14.0. The average molecular weight is 814 g/mol. The number of nitrogens with zero attached hydrogens (tertiary/aromatic N) is 5. The summed E-state index contributed by atoms with van der Waals surface area (Å²) in [6.07, 6.45) is -4.60. The van der Waals surface area contributed by atoms with Gasteiger partial charge in [0, 0.05) is 21.6 Å². The van der Waals surface area contributed by atoms with E-state index in [0.29, 0.717) is 44.9 Å². The Labute approximate surface area is 320 Å². The predicted octanol–water partition coefficient (Wildman–Crippen LogP) is 9.14. The Morgan fingerprint density at radius 1 is 0.782 bits per heavy atom. The molecule has 0 bridgehead atoms. The maximum Gasteiger partial charge on any atom is 0.434 e. The van der Waals surface area contributed by atoms with Crippen LogP contribution < -0.4 is 5.32 Å². The molecule has 3 aromatic carbocycles. The van der Waals surface area contributed by atoms with Crippen molar-refractivity contribution in [2.24, 2.45) is 0 Å². The molecule has 2 aromatic heterocycles. The third-order valence-corrected chi connectivity index (χ3v) is 9.84. The number of amides is 1. The fraction of sp³-hybridized carbons (Fsp3) is 0.297. The standard InChI is InChI=1S/C26H27ClF4N4O.C11H6ClF3N2O2/c1-34(2)25(15-17-3-7-19(28)8-4-17)13-11-20(12-14-25)33-24(36)22-16-32-35(23(22)26(29,30)31)21-9-5-18(27)6-10-21;12-6-1-3-7(4-2-6)17-9(11(13,14)15)8(5-16-17)10(18)19/h3-10,16,20H,11-15H2,1-2H3,(H,33,36);1-5H,(H,18,19). The first-order valence-corrected chi connectivity index (χ1v) is 17.3. The highest BCUT2D eigenvalue weighted by Crippen LogP contribution is 2.38. The van der Waals surface area contributed by atoms with Crippen LogP contribution in [0.3, 0.4) is 0 Å². The van der Waals surface area contributed by atoms with Crippen LogP contribution in [0.4, 0.5) is 30.7 Å². The largest absolute Gasteiger partial charge is 0.478 e. The number of rotatable bonds is 8. The van der Waals surface area contributed by atoms with Gasteiger partial charge >= 0.3 is 18.3 Å². The molecule has 1 saturated carbocycles. The van der Waals surface area contributed by atoms with Crippen LogP contribution in [0.5, 0.6) is 0 Å². The molecule has 0 unspecified atom stereocenters. The van der Waals surface area contributed by atoms with E-state index < -0.39 is 46.7 Å². The molecule has 1 aliphatic rings. The van der Waals surface area contributed by atoms with Crippen molar-refractivity contribution in [1.29, 1.82) is 0 Å². The van der Waals surface area contributed by atoms with Gasteiger partial charge in [-0.05, 0) is 112 Å². The molecular formula is C37H33Cl2F7N6O3. The third-order valence-electron chi connectivity index (χ3n) is 9.34. The molecule has 9 nitrogen and oxygen atoms in total. The summed E-state index contributed by atoms with van der Waals surface area (Å²) in [4.78, 5) is 25.9. The lowest BCUT2D eigenvalue weighted by Crippen LogP contribution is -2.52. The van der Waals surface area contributed by atoms with E-state index in [4.69, 9.17) is 28.3 Å². The fourth-order valence-corrected chi connectivity index (χ4v) is 6.70. The lowest BCUT2D eigenvalue weighted by atomic mass is 9.74. The van der Waals surface area contributed by atoms with Gasteiger partial charge in [0.25, 0.3) is 5.91 Å². The van der Waals surface area contributed by atoms with Gasteiger partial charge in [-0.3, -0.25) is 4.79 Å². The Morgan fingerprint density at radius 2 is 1.22 bits per heavy atom. The summed E-state index contributed by atoms with van der Waals surface area (Å²) in [6.45, 7) is 0. The Kier molecular flexibility index (Phi) is 12.3. The first-order valence-electron chi connectivity index (χ1n) is 16.6. The van der Waals surface area contributed by atoms with Crippen LogP contribution in [0, 0.1) is 5.82 Å². The van der Waals surface area contributed by atoms with Crippen molar-refractivity contribution in [1.82, 2.24) is 29.8 Å². The number of aromatic nitrogens is 4. The summed E-state index contributed by atoms with van der Waals surface area (Å²) in [5.41, 5.74) is -2.83. The van der Waals surface area contributed by atoms with Crippen LogP contribution in [0.25, 0.3) is 11.4 Å². The van der Waals surface area contributed by atoms with Gasteiger partial charge in [-0.15, -0.1) is 0 Å². The van der Waals surface area contributed by atoms with Crippen molar-refractivity contribution < 1.29 is 45.4 Å². The number of carboxylic acids is 1. The molecule has 6 rings (SSSR count). The van der Waals surface area contributed by atoms with Crippen LogP contribution in [0.2, 0.25) is 10.0 Å². The van der Waals surface area contributed by atoms with E-state index in [2.05, 4.69) is 20.4 Å². The van der Waals surface area contributed by atoms with Crippen LogP contribution in [-0.2, 0) is 18.8 Å². The minimum atomic E-state index is -4.83.